The van der Waals surface area contributed by atoms with Gasteiger partial charge in [0, 0.05) is 37.6 Å². The first-order valence-electron chi connectivity index (χ1n) is 7.73. The van der Waals surface area contributed by atoms with Gasteiger partial charge in [0.05, 0.1) is 6.17 Å². The van der Waals surface area contributed by atoms with E-state index in [1.807, 2.05) is 18.3 Å². The summed E-state index contributed by atoms with van der Waals surface area (Å²) >= 11 is 0. The molecule has 4 heteroatoms. The van der Waals surface area contributed by atoms with E-state index in [-0.39, 0.29) is 0 Å². The Morgan fingerprint density at radius 1 is 0.952 bits per heavy atom. The van der Waals surface area contributed by atoms with Crippen molar-refractivity contribution in [2.45, 2.75) is 6.17 Å². The van der Waals surface area contributed by atoms with E-state index in [4.69, 9.17) is 5.73 Å². The Hall–Kier alpha value is -1.94. The summed E-state index contributed by atoms with van der Waals surface area (Å²) < 4.78 is 0. The summed E-state index contributed by atoms with van der Waals surface area (Å²) in [5, 5.41) is 3.43. The van der Waals surface area contributed by atoms with Crippen LogP contribution in [-0.4, -0.2) is 37.2 Å². The predicted octanol–water partition coefficient (Wildman–Crippen LogP) is 1.64. The van der Waals surface area contributed by atoms with E-state index in [0.717, 1.165) is 30.6 Å². The van der Waals surface area contributed by atoms with Crippen molar-refractivity contribution in [2.75, 3.05) is 36.8 Å². The van der Waals surface area contributed by atoms with E-state index in [2.05, 4.69) is 45.5 Å². The fraction of sp³-hybridized carbons (Fsp3) is 0.412. The summed E-state index contributed by atoms with van der Waals surface area (Å²) in [6, 6.07) is 8.28. The lowest BCUT2D eigenvalue weighted by Crippen LogP contribution is -2.43. The van der Waals surface area contributed by atoms with Gasteiger partial charge in [-0.05, 0) is 54.5 Å². The minimum absolute atomic E-state index is 0.380. The van der Waals surface area contributed by atoms with Crippen molar-refractivity contribution < 1.29 is 0 Å². The van der Waals surface area contributed by atoms with Crippen molar-refractivity contribution in [3.8, 4) is 0 Å². The second kappa shape index (κ2) is 5.11. The first-order chi connectivity index (χ1) is 10.3. The fourth-order valence-electron chi connectivity index (χ4n) is 3.81. The average molecular weight is 282 g/mol. The van der Waals surface area contributed by atoms with Gasteiger partial charge >= 0.3 is 0 Å². The molecular formula is C17H22N4. The first kappa shape index (κ1) is 12.8. The first-order valence-corrected chi connectivity index (χ1v) is 7.73. The van der Waals surface area contributed by atoms with Gasteiger partial charge in [0.2, 0.25) is 0 Å². The molecule has 0 bridgehead atoms. The quantitative estimate of drug-likeness (QED) is 0.809. The molecule has 3 atom stereocenters. The van der Waals surface area contributed by atoms with Gasteiger partial charge in [0.15, 0.2) is 0 Å². The molecule has 4 nitrogen and oxygen atoms in total. The molecule has 3 unspecified atom stereocenters. The number of hydrogen-bond acceptors (Lipinski definition) is 4. The highest BCUT2D eigenvalue weighted by Crippen LogP contribution is 2.34. The van der Waals surface area contributed by atoms with Crippen LogP contribution in [-0.2, 0) is 0 Å². The molecule has 0 saturated carbocycles. The Morgan fingerprint density at radius 3 is 2.29 bits per heavy atom. The smallest absolute Gasteiger partial charge is 0.0985 e. The number of nitrogens with zero attached hydrogens (tertiary/aromatic N) is 2. The molecule has 21 heavy (non-hydrogen) atoms. The molecule has 0 radical (unpaired) electrons. The van der Waals surface area contributed by atoms with Gasteiger partial charge < -0.3 is 16.0 Å². The highest BCUT2D eigenvalue weighted by molar-refractivity contribution is 5.54. The maximum Gasteiger partial charge on any atom is 0.0985 e. The van der Waals surface area contributed by atoms with E-state index in [0.29, 0.717) is 6.17 Å². The van der Waals surface area contributed by atoms with Crippen molar-refractivity contribution in [1.82, 2.24) is 10.2 Å². The summed E-state index contributed by atoms with van der Waals surface area (Å²) in [6.45, 7) is 4.70. The number of allylic oxidation sites excluding steroid dienone is 2. The Bertz CT molecular complexity index is 549. The highest BCUT2D eigenvalue weighted by Gasteiger charge is 2.41. The molecule has 0 aromatic heterocycles. The van der Waals surface area contributed by atoms with Crippen LogP contribution in [0.5, 0.6) is 0 Å². The van der Waals surface area contributed by atoms with Gasteiger partial charge in [0.1, 0.15) is 0 Å². The molecule has 4 rings (SSSR count). The zero-order valence-electron chi connectivity index (χ0n) is 12.2. The van der Waals surface area contributed by atoms with E-state index in [1.54, 1.807) is 0 Å². The summed E-state index contributed by atoms with van der Waals surface area (Å²) in [5.41, 5.74) is 7.92. The average Bonchev–Trinajstić information content (AvgIpc) is 3.07. The largest absolute Gasteiger partial charge is 0.399 e. The second-order valence-corrected chi connectivity index (χ2v) is 6.33. The number of dihydropyridines is 1. The van der Waals surface area contributed by atoms with Gasteiger partial charge in [-0.2, -0.15) is 0 Å². The molecular weight excluding hydrogens is 260 g/mol. The fourth-order valence-corrected chi connectivity index (χ4v) is 3.81. The molecule has 3 N–H and O–H groups in total. The molecule has 3 aliphatic rings. The van der Waals surface area contributed by atoms with E-state index in [1.165, 1.54) is 18.8 Å². The number of nitrogens with one attached hydrogen (secondary N) is 1. The number of rotatable bonds is 2. The Balaban J connectivity index is 1.40. The van der Waals surface area contributed by atoms with Crippen LogP contribution < -0.4 is 16.0 Å². The van der Waals surface area contributed by atoms with Crippen molar-refractivity contribution in [1.29, 1.82) is 0 Å². The number of nitrogens with two attached hydrogens (primary N) is 1. The lowest BCUT2D eigenvalue weighted by atomic mass is 10.0. The van der Waals surface area contributed by atoms with Gasteiger partial charge in [0.25, 0.3) is 0 Å². The molecule has 3 heterocycles. The van der Waals surface area contributed by atoms with E-state index < -0.39 is 0 Å². The maximum atomic E-state index is 5.77. The van der Waals surface area contributed by atoms with Crippen molar-refractivity contribution in [3.63, 3.8) is 0 Å². The monoisotopic (exact) mass is 282 g/mol. The molecule has 2 fully saturated rings. The molecule has 3 aliphatic heterocycles. The number of nitrogen functional groups attached to an aromatic ring is 1. The topological polar surface area (TPSA) is 44.5 Å². The minimum Gasteiger partial charge on any atom is -0.399 e. The van der Waals surface area contributed by atoms with Gasteiger partial charge in [-0.15, -0.1) is 0 Å². The Morgan fingerprint density at radius 2 is 1.67 bits per heavy atom. The number of benzene rings is 1. The molecule has 0 amide bonds. The lowest BCUT2D eigenvalue weighted by Gasteiger charge is -2.29. The van der Waals surface area contributed by atoms with Crippen LogP contribution in [0.4, 0.5) is 11.4 Å². The third-order valence-corrected chi connectivity index (χ3v) is 4.93. The Kier molecular flexibility index (Phi) is 3.11. The third kappa shape index (κ3) is 2.40. The van der Waals surface area contributed by atoms with Gasteiger partial charge in [-0.1, -0.05) is 6.08 Å². The van der Waals surface area contributed by atoms with Crippen molar-refractivity contribution in [2.24, 2.45) is 11.8 Å². The predicted molar refractivity (Wildman–Crippen MR) is 86.8 cm³/mol. The Labute approximate surface area is 125 Å². The highest BCUT2D eigenvalue weighted by atomic mass is 15.3. The van der Waals surface area contributed by atoms with E-state index in [9.17, 15) is 0 Å². The number of anilines is 2. The van der Waals surface area contributed by atoms with Crippen LogP contribution in [0.2, 0.25) is 0 Å². The zero-order chi connectivity index (χ0) is 14.2. The zero-order valence-corrected chi connectivity index (χ0v) is 12.2. The van der Waals surface area contributed by atoms with Gasteiger partial charge in [-0.25, -0.2) is 0 Å². The molecule has 0 aliphatic carbocycles. The van der Waals surface area contributed by atoms with Gasteiger partial charge in [-0.3, -0.25) is 4.90 Å². The number of likely N-dealkylation sites (tertiary alicyclic amines) is 1. The van der Waals surface area contributed by atoms with Crippen LogP contribution >= 0.6 is 0 Å². The van der Waals surface area contributed by atoms with Crippen molar-refractivity contribution >= 4 is 11.4 Å². The van der Waals surface area contributed by atoms with Crippen LogP contribution in [0.3, 0.4) is 0 Å². The molecule has 0 spiro atoms. The third-order valence-electron chi connectivity index (χ3n) is 4.93. The van der Waals surface area contributed by atoms with Crippen LogP contribution in [0.15, 0.2) is 48.7 Å². The van der Waals surface area contributed by atoms with Crippen LogP contribution in [0, 0.1) is 11.8 Å². The summed E-state index contributed by atoms with van der Waals surface area (Å²) in [7, 11) is 0. The van der Waals surface area contributed by atoms with Crippen LogP contribution in [0.25, 0.3) is 0 Å². The molecule has 2 saturated heterocycles. The number of hydrogen-bond donors (Lipinski definition) is 2. The normalized spacial score (nSPS) is 31.4. The van der Waals surface area contributed by atoms with Crippen molar-refractivity contribution in [3.05, 3.63) is 48.7 Å². The summed E-state index contributed by atoms with van der Waals surface area (Å²) in [4.78, 5) is 5.08. The summed E-state index contributed by atoms with van der Waals surface area (Å²) in [5.74, 6) is 1.56. The SMILES string of the molecule is Nc1ccc(N2CC3CN(C4C=CC=CN4)CC3C2)cc1. The summed E-state index contributed by atoms with van der Waals surface area (Å²) in [6.07, 6.45) is 8.86. The van der Waals surface area contributed by atoms with Crippen LogP contribution in [0.1, 0.15) is 0 Å². The minimum atomic E-state index is 0.380. The lowest BCUT2D eigenvalue weighted by molar-refractivity contribution is 0.245. The molecule has 1 aromatic rings. The molecule has 1 aromatic carbocycles. The van der Waals surface area contributed by atoms with E-state index >= 15 is 0 Å². The number of fused-ring (bicyclic) bond motifs is 1. The standard InChI is InChI=1S/C17H22N4/c18-15-4-6-16(7-5-15)20-9-13-11-21(12-14(13)10-20)17-3-1-2-8-19-17/h1-8,13-14,17,19H,9-12,18H2. The molecule has 110 valence electrons. The second-order valence-electron chi connectivity index (χ2n) is 6.33. The maximum absolute atomic E-state index is 5.77.